The van der Waals surface area contributed by atoms with E-state index in [2.05, 4.69) is 21.7 Å². The van der Waals surface area contributed by atoms with Crippen molar-refractivity contribution in [3.8, 4) is 0 Å². The largest absolute Gasteiger partial charge is 0.311 e. The normalized spacial score (nSPS) is 31.9. The van der Waals surface area contributed by atoms with Gasteiger partial charge in [0.15, 0.2) is 0 Å². The van der Waals surface area contributed by atoms with Crippen molar-refractivity contribution < 1.29 is 4.39 Å². The van der Waals surface area contributed by atoms with Gasteiger partial charge in [-0.1, -0.05) is 18.5 Å². The second-order valence-electron chi connectivity index (χ2n) is 7.70. The second kappa shape index (κ2) is 4.57. The van der Waals surface area contributed by atoms with Gasteiger partial charge < -0.3 is 4.57 Å². The molecule has 2 aromatic rings. The molecule has 0 aliphatic heterocycles. The number of halogens is 2. The minimum absolute atomic E-state index is 0.182. The standard InChI is InChI=1S/C17H19ClFN3S/c1-16(6-7-16)14-20-21-15(22(14)11-2-3-11)17(8-10(19)9-17)12-4-5-13(18)23-12/h4-5,10-11H,2-3,6-9H2,1H3. The van der Waals surface area contributed by atoms with Gasteiger partial charge >= 0.3 is 0 Å². The van der Waals surface area contributed by atoms with Crippen molar-refractivity contribution in [1.82, 2.24) is 14.8 Å². The third-order valence-corrected chi connectivity index (χ3v) is 7.20. The minimum atomic E-state index is -0.750. The Morgan fingerprint density at radius 3 is 2.43 bits per heavy atom. The van der Waals surface area contributed by atoms with Gasteiger partial charge in [0, 0.05) is 16.3 Å². The Kier molecular flexibility index (Phi) is 2.86. The molecule has 6 heteroatoms. The van der Waals surface area contributed by atoms with Crippen molar-refractivity contribution in [2.75, 3.05) is 0 Å². The average Bonchev–Trinajstić information content (AvgIpc) is 3.38. The Bertz CT molecular complexity index is 769. The number of rotatable bonds is 4. The lowest BCUT2D eigenvalue weighted by Gasteiger charge is -2.43. The molecule has 3 fully saturated rings. The first kappa shape index (κ1) is 14.4. The number of nitrogens with zero attached hydrogens (tertiary/aromatic N) is 3. The molecule has 2 aromatic heterocycles. The molecule has 0 atom stereocenters. The molecule has 2 heterocycles. The van der Waals surface area contributed by atoms with Crippen LogP contribution < -0.4 is 0 Å². The Morgan fingerprint density at radius 1 is 1.22 bits per heavy atom. The fraction of sp³-hybridized carbons (Fsp3) is 0.647. The van der Waals surface area contributed by atoms with E-state index in [0.29, 0.717) is 18.9 Å². The lowest BCUT2D eigenvalue weighted by Crippen LogP contribution is -2.45. The average molecular weight is 352 g/mol. The van der Waals surface area contributed by atoms with Gasteiger partial charge in [0.1, 0.15) is 17.8 Å². The van der Waals surface area contributed by atoms with Crippen molar-refractivity contribution in [2.24, 2.45) is 0 Å². The summed E-state index contributed by atoms with van der Waals surface area (Å²) in [5.74, 6) is 2.11. The maximum Gasteiger partial charge on any atom is 0.145 e. The highest BCUT2D eigenvalue weighted by Gasteiger charge is 2.55. The monoisotopic (exact) mass is 351 g/mol. The van der Waals surface area contributed by atoms with Crippen LogP contribution in [0, 0.1) is 0 Å². The number of hydrogen-bond acceptors (Lipinski definition) is 3. The molecule has 23 heavy (non-hydrogen) atoms. The predicted octanol–water partition coefficient (Wildman–Crippen LogP) is 4.80. The highest BCUT2D eigenvalue weighted by Crippen LogP contribution is 2.56. The summed E-state index contributed by atoms with van der Waals surface area (Å²) in [4.78, 5) is 1.14. The molecule has 0 aromatic carbocycles. The van der Waals surface area contributed by atoms with E-state index in [9.17, 15) is 4.39 Å². The number of aromatic nitrogens is 3. The van der Waals surface area contributed by atoms with Crippen LogP contribution in [-0.4, -0.2) is 20.9 Å². The molecular formula is C17H19ClFN3S. The third kappa shape index (κ3) is 2.05. The number of thiophene rings is 1. The topological polar surface area (TPSA) is 30.7 Å². The summed E-state index contributed by atoms with van der Waals surface area (Å²) < 4.78 is 17.0. The Labute approximate surface area is 143 Å². The zero-order valence-corrected chi connectivity index (χ0v) is 14.6. The summed E-state index contributed by atoms with van der Waals surface area (Å²) in [7, 11) is 0. The SMILES string of the molecule is CC1(c2nnc(C3(c4ccc(Cl)s4)CC(F)C3)n2C2CC2)CC1. The zero-order valence-electron chi connectivity index (χ0n) is 13.1. The fourth-order valence-electron chi connectivity index (χ4n) is 3.88. The summed E-state index contributed by atoms with van der Waals surface area (Å²) in [6.07, 6.45) is 5.00. The van der Waals surface area contributed by atoms with E-state index in [1.807, 2.05) is 12.1 Å². The number of hydrogen-bond donors (Lipinski definition) is 0. The Hall–Kier alpha value is -0.940. The first-order valence-corrected chi connectivity index (χ1v) is 9.57. The molecule has 3 nitrogen and oxygen atoms in total. The van der Waals surface area contributed by atoms with Crippen LogP contribution in [0.2, 0.25) is 4.34 Å². The first-order chi connectivity index (χ1) is 11.0. The van der Waals surface area contributed by atoms with Crippen LogP contribution >= 0.6 is 22.9 Å². The van der Waals surface area contributed by atoms with Crippen molar-refractivity contribution in [3.05, 3.63) is 33.0 Å². The van der Waals surface area contributed by atoms with E-state index in [1.54, 1.807) is 11.3 Å². The highest BCUT2D eigenvalue weighted by atomic mass is 35.5. The molecule has 0 bridgehead atoms. The fourth-order valence-corrected chi connectivity index (χ4v) is 5.13. The van der Waals surface area contributed by atoms with Crippen LogP contribution in [0.5, 0.6) is 0 Å². The van der Waals surface area contributed by atoms with Gasteiger partial charge in [-0.05, 0) is 50.7 Å². The molecule has 0 spiro atoms. The van der Waals surface area contributed by atoms with Crippen LogP contribution in [0.4, 0.5) is 4.39 Å². The summed E-state index contributed by atoms with van der Waals surface area (Å²) in [5.41, 5.74) is -0.142. The quantitative estimate of drug-likeness (QED) is 0.792. The summed E-state index contributed by atoms with van der Waals surface area (Å²) in [6, 6.07) is 4.47. The van der Waals surface area contributed by atoms with Gasteiger partial charge in [-0.25, -0.2) is 4.39 Å². The second-order valence-corrected chi connectivity index (χ2v) is 9.42. The maximum atomic E-state index is 13.9. The molecule has 3 saturated carbocycles. The molecule has 5 rings (SSSR count). The Morgan fingerprint density at radius 2 is 1.91 bits per heavy atom. The first-order valence-electron chi connectivity index (χ1n) is 8.38. The van der Waals surface area contributed by atoms with Gasteiger partial charge in [-0.3, -0.25) is 0 Å². The molecule has 0 N–H and O–H groups in total. The molecule has 0 unspecified atom stereocenters. The van der Waals surface area contributed by atoms with Crippen LogP contribution in [0.15, 0.2) is 12.1 Å². The summed E-state index contributed by atoms with van der Waals surface area (Å²) in [6.45, 7) is 2.27. The van der Waals surface area contributed by atoms with Crippen LogP contribution in [0.25, 0.3) is 0 Å². The minimum Gasteiger partial charge on any atom is -0.311 e. The smallest absolute Gasteiger partial charge is 0.145 e. The summed E-state index contributed by atoms with van der Waals surface area (Å²) >= 11 is 7.71. The van der Waals surface area contributed by atoms with Crippen LogP contribution in [0.3, 0.4) is 0 Å². The van der Waals surface area contributed by atoms with E-state index < -0.39 is 6.17 Å². The predicted molar refractivity (Wildman–Crippen MR) is 89.1 cm³/mol. The van der Waals surface area contributed by atoms with E-state index in [-0.39, 0.29) is 10.8 Å². The number of alkyl halides is 1. The van der Waals surface area contributed by atoms with E-state index in [0.717, 1.165) is 20.9 Å². The lowest BCUT2D eigenvalue weighted by molar-refractivity contribution is 0.116. The lowest BCUT2D eigenvalue weighted by atomic mass is 9.65. The molecule has 3 aliphatic rings. The maximum absolute atomic E-state index is 13.9. The van der Waals surface area contributed by atoms with Crippen molar-refractivity contribution >= 4 is 22.9 Å². The molecule has 3 aliphatic carbocycles. The van der Waals surface area contributed by atoms with Gasteiger partial charge in [-0.15, -0.1) is 21.5 Å². The van der Waals surface area contributed by atoms with Crippen molar-refractivity contribution in [2.45, 2.75) is 68.5 Å². The highest BCUT2D eigenvalue weighted by molar-refractivity contribution is 7.16. The van der Waals surface area contributed by atoms with E-state index in [4.69, 9.17) is 11.6 Å². The molecule has 122 valence electrons. The summed E-state index contributed by atoms with van der Waals surface area (Å²) in [5, 5.41) is 9.19. The van der Waals surface area contributed by atoms with Crippen LogP contribution in [0.1, 0.15) is 68.0 Å². The molecule has 0 amide bonds. The van der Waals surface area contributed by atoms with Gasteiger partial charge in [0.05, 0.1) is 9.75 Å². The third-order valence-electron chi connectivity index (χ3n) is 5.76. The van der Waals surface area contributed by atoms with Gasteiger partial charge in [-0.2, -0.15) is 0 Å². The van der Waals surface area contributed by atoms with Gasteiger partial charge in [0.2, 0.25) is 0 Å². The van der Waals surface area contributed by atoms with E-state index in [1.165, 1.54) is 25.7 Å². The van der Waals surface area contributed by atoms with Crippen molar-refractivity contribution in [1.29, 1.82) is 0 Å². The van der Waals surface area contributed by atoms with Crippen LogP contribution in [-0.2, 0) is 10.8 Å². The molecular weight excluding hydrogens is 333 g/mol. The van der Waals surface area contributed by atoms with E-state index >= 15 is 0 Å². The van der Waals surface area contributed by atoms with Crippen molar-refractivity contribution in [3.63, 3.8) is 0 Å². The van der Waals surface area contributed by atoms with Gasteiger partial charge in [0.25, 0.3) is 0 Å². The zero-order chi connectivity index (χ0) is 15.8. The molecule has 0 saturated heterocycles. The molecule has 0 radical (unpaired) electrons. The Balaban J connectivity index is 1.66.